The first-order valence-electron chi connectivity index (χ1n) is 11.2. The van der Waals surface area contributed by atoms with E-state index in [1.54, 1.807) is 0 Å². The van der Waals surface area contributed by atoms with E-state index in [0.717, 1.165) is 29.2 Å². The monoisotopic (exact) mass is 473 g/mol. The van der Waals surface area contributed by atoms with E-state index >= 15 is 0 Å². The van der Waals surface area contributed by atoms with Crippen LogP contribution in [0.4, 0.5) is 13.2 Å². The second-order valence-corrected chi connectivity index (χ2v) is 8.01. The van der Waals surface area contributed by atoms with Crippen LogP contribution in [0.1, 0.15) is 36.2 Å². The second-order valence-electron chi connectivity index (χ2n) is 8.01. The molecule has 1 aliphatic heterocycles. The molecule has 0 atom stereocenters. The Morgan fingerprint density at radius 3 is 2.47 bits per heavy atom. The summed E-state index contributed by atoms with van der Waals surface area (Å²) >= 11 is 0. The lowest BCUT2D eigenvalue weighted by Gasteiger charge is -2.28. The summed E-state index contributed by atoms with van der Waals surface area (Å²) < 4.78 is 49.9. The zero-order valence-corrected chi connectivity index (χ0v) is 19.0. The smallest absolute Gasteiger partial charge is 0.416 e. The zero-order valence-electron chi connectivity index (χ0n) is 19.0. The van der Waals surface area contributed by atoms with Gasteiger partial charge in [0, 0.05) is 37.2 Å². The number of nitrogens with one attached hydrogen (secondary N) is 1. The molecule has 0 saturated carbocycles. The van der Waals surface area contributed by atoms with E-state index in [2.05, 4.69) is 14.9 Å². The first-order valence-corrected chi connectivity index (χ1v) is 11.2. The largest absolute Gasteiger partial charge is 0.494 e. The summed E-state index contributed by atoms with van der Waals surface area (Å²) in [4.78, 5) is 22.3. The Labute approximate surface area is 195 Å². The molecule has 2 aromatic carbocycles. The Balaban J connectivity index is 1.55. The highest BCUT2D eigenvalue weighted by Crippen LogP contribution is 2.31. The predicted molar refractivity (Wildman–Crippen MR) is 122 cm³/mol. The molecule has 0 fully saturated rings. The predicted octanol–water partition coefficient (Wildman–Crippen LogP) is 4.81. The lowest BCUT2D eigenvalue weighted by molar-refractivity contribution is -0.137. The lowest BCUT2D eigenvalue weighted by Crippen LogP contribution is -2.35. The Morgan fingerprint density at radius 2 is 1.79 bits per heavy atom. The molecule has 4 rings (SSSR count). The van der Waals surface area contributed by atoms with Gasteiger partial charge in [-0.25, -0.2) is 4.98 Å². The highest BCUT2D eigenvalue weighted by molar-refractivity contribution is 5.56. The average Bonchev–Trinajstić information content (AvgIpc) is 2.81. The summed E-state index contributed by atoms with van der Waals surface area (Å²) in [5.41, 5.74) is 1.62. The molecule has 9 heteroatoms. The van der Waals surface area contributed by atoms with Gasteiger partial charge in [0.25, 0.3) is 5.56 Å². The number of aromatic amines is 1. The molecular weight excluding hydrogens is 447 g/mol. The van der Waals surface area contributed by atoms with Gasteiger partial charge in [-0.15, -0.1) is 0 Å². The molecule has 0 unspecified atom stereocenters. The van der Waals surface area contributed by atoms with E-state index in [9.17, 15) is 18.0 Å². The molecule has 3 aromatic rings. The van der Waals surface area contributed by atoms with E-state index in [1.807, 2.05) is 32.0 Å². The van der Waals surface area contributed by atoms with Crippen molar-refractivity contribution in [3.63, 3.8) is 0 Å². The maximum absolute atomic E-state index is 12.8. The van der Waals surface area contributed by atoms with Gasteiger partial charge in [0.2, 0.25) is 0 Å². The van der Waals surface area contributed by atoms with E-state index in [-0.39, 0.29) is 11.4 Å². The number of halogens is 3. The van der Waals surface area contributed by atoms with Gasteiger partial charge in [-0.1, -0.05) is 12.1 Å². The van der Waals surface area contributed by atoms with Crippen LogP contribution in [-0.4, -0.2) is 34.6 Å². The first-order chi connectivity index (χ1) is 16.3. The highest BCUT2D eigenvalue weighted by atomic mass is 19.4. The van der Waals surface area contributed by atoms with Gasteiger partial charge in [0.1, 0.15) is 17.3 Å². The number of H-pyrrole nitrogens is 1. The summed E-state index contributed by atoms with van der Waals surface area (Å²) in [6, 6.07) is 10.4. The van der Waals surface area contributed by atoms with Gasteiger partial charge in [-0.2, -0.15) is 13.2 Å². The van der Waals surface area contributed by atoms with E-state index in [1.165, 1.54) is 12.1 Å². The maximum Gasteiger partial charge on any atom is 0.416 e. The number of rotatable bonds is 7. The molecule has 2 heterocycles. The van der Waals surface area contributed by atoms with Crippen molar-refractivity contribution in [2.45, 2.75) is 39.5 Å². The Morgan fingerprint density at radius 1 is 1.06 bits per heavy atom. The van der Waals surface area contributed by atoms with Crippen molar-refractivity contribution in [1.82, 2.24) is 14.9 Å². The zero-order chi connectivity index (χ0) is 24.3. The average molecular weight is 473 g/mol. The Hall–Kier alpha value is -3.33. The van der Waals surface area contributed by atoms with Gasteiger partial charge in [0.05, 0.1) is 30.0 Å². The summed E-state index contributed by atoms with van der Waals surface area (Å²) in [5, 5.41) is 0. The van der Waals surface area contributed by atoms with Gasteiger partial charge in [0.15, 0.2) is 0 Å². The van der Waals surface area contributed by atoms with Gasteiger partial charge >= 0.3 is 6.18 Å². The molecular formula is C25H26F3N3O3. The number of alkyl halides is 3. The number of aromatic nitrogens is 2. The van der Waals surface area contributed by atoms with Crippen LogP contribution in [0.2, 0.25) is 0 Å². The third-order valence-corrected chi connectivity index (χ3v) is 5.67. The summed E-state index contributed by atoms with van der Waals surface area (Å²) in [6.45, 7) is 6.63. The number of nitrogens with zero attached hydrogens (tertiary/aromatic N) is 2. The molecule has 1 aromatic heterocycles. The SMILES string of the molecule is CCOc1ccc(OCC)c(CN2CCc3nc(-c4ccc(C(F)(F)F)cc4)[nH]c(=O)c3C2)c1. The van der Waals surface area contributed by atoms with Crippen LogP contribution < -0.4 is 15.0 Å². The number of benzene rings is 2. The second kappa shape index (κ2) is 9.89. The molecule has 6 nitrogen and oxygen atoms in total. The van der Waals surface area contributed by atoms with Crippen LogP contribution in [0, 0.1) is 0 Å². The molecule has 0 bridgehead atoms. The Bertz CT molecular complexity index is 1210. The third-order valence-electron chi connectivity index (χ3n) is 5.67. The van der Waals surface area contributed by atoms with E-state index in [0.29, 0.717) is 56.1 Å². The number of hydrogen-bond donors (Lipinski definition) is 1. The van der Waals surface area contributed by atoms with Crippen molar-refractivity contribution in [3.8, 4) is 22.9 Å². The van der Waals surface area contributed by atoms with Crippen molar-refractivity contribution in [2.24, 2.45) is 0 Å². The van der Waals surface area contributed by atoms with E-state index in [4.69, 9.17) is 9.47 Å². The molecule has 0 amide bonds. The Kier molecular flexibility index (Phi) is 6.92. The molecule has 0 spiro atoms. The van der Waals surface area contributed by atoms with Crippen molar-refractivity contribution in [2.75, 3.05) is 19.8 Å². The first kappa shape index (κ1) is 23.8. The summed E-state index contributed by atoms with van der Waals surface area (Å²) in [5.74, 6) is 1.81. The number of fused-ring (bicyclic) bond motifs is 1. The molecule has 0 radical (unpaired) electrons. The molecule has 34 heavy (non-hydrogen) atoms. The number of hydrogen-bond acceptors (Lipinski definition) is 5. The quantitative estimate of drug-likeness (QED) is 0.533. The van der Waals surface area contributed by atoms with Gasteiger partial charge < -0.3 is 14.5 Å². The minimum Gasteiger partial charge on any atom is -0.494 e. The lowest BCUT2D eigenvalue weighted by atomic mass is 10.0. The molecule has 0 saturated heterocycles. The molecule has 1 aliphatic rings. The minimum atomic E-state index is -4.41. The number of ether oxygens (including phenoxy) is 2. The van der Waals surface area contributed by atoms with Crippen LogP contribution >= 0.6 is 0 Å². The fourth-order valence-electron chi connectivity index (χ4n) is 4.04. The minimum absolute atomic E-state index is 0.272. The van der Waals surface area contributed by atoms with E-state index < -0.39 is 11.7 Å². The maximum atomic E-state index is 12.8. The molecule has 0 aliphatic carbocycles. The van der Waals surface area contributed by atoms with Crippen molar-refractivity contribution < 1.29 is 22.6 Å². The third kappa shape index (κ3) is 5.25. The fraction of sp³-hybridized carbons (Fsp3) is 0.360. The summed E-state index contributed by atoms with van der Waals surface area (Å²) in [6.07, 6.45) is -3.86. The topological polar surface area (TPSA) is 67.5 Å². The van der Waals surface area contributed by atoms with Crippen LogP contribution in [0.25, 0.3) is 11.4 Å². The van der Waals surface area contributed by atoms with Crippen molar-refractivity contribution >= 4 is 0 Å². The fourth-order valence-corrected chi connectivity index (χ4v) is 4.04. The van der Waals surface area contributed by atoms with Crippen molar-refractivity contribution in [3.05, 3.63) is 75.2 Å². The van der Waals surface area contributed by atoms with Crippen LogP contribution in [0.15, 0.2) is 47.3 Å². The highest BCUT2D eigenvalue weighted by Gasteiger charge is 2.30. The summed E-state index contributed by atoms with van der Waals surface area (Å²) in [7, 11) is 0. The van der Waals surface area contributed by atoms with Crippen LogP contribution in [0.5, 0.6) is 11.5 Å². The van der Waals surface area contributed by atoms with Crippen LogP contribution in [-0.2, 0) is 25.7 Å². The van der Waals surface area contributed by atoms with Gasteiger partial charge in [-0.3, -0.25) is 9.69 Å². The van der Waals surface area contributed by atoms with Crippen LogP contribution in [0.3, 0.4) is 0 Å². The van der Waals surface area contributed by atoms with Gasteiger partial charge in [-0.05, 0) is 44.2 Å². The normalized spacial score (nSPS) is 14.0. The van der Waals surface area contributed by atoms with Crippen molar-refractivity contribution in [1.29, 1.82) is 0 Å². The molecule has 1 N–H and O–H groups in total. The standard InChI is InChI=1S/C25H26F3N3O3/c1-3-33-19-9-10-22(34-4-2)17(13-19)14-31-12-11-21-20(15-31)24(32)30-23(29-21)16-5-7-18(8-6-16)25(26,27)28/h5-10,13H,3-4,11-12,14-15H2,1-2H3,(H,29,30,32). The molecule has 180 valence electrons.